The van der Waals surface area contributed by atoms with Crippen LogP contribution < -0.4 is 15.4 Å². The molecule has 0 atom stereocenters. The van der Waals surface area contributed by atoms with Crippen LogP contribution in [0.15, 0.2) is 28.7 Å². The molecule has 1 heterocycles. The predicted molar refractivity (Wildman–Crippen MR) is 84.9 cm³/mol. The molecule has 0 radical (unpaired) electrons. The molecule has 2 aromatic rings. The molecule has 0 aliphatic rings. The van der Waals surface area contributed by atoms with Crippen molar-refractivity contribution >= 4 is 33.4 Å². The summed E-state index contributed by atoms with van der Waals surface area (Å²) >= 11 is 3.46. The average molecular weight is 337 g/mol. The third kappa shape index (κ3) is 3.84. The van der Waals surface area contributed by atoms with E-state index in [1.54, 1.807) is 7.11 Å². The average Bonchev–Trinajstić information content (AvgIpc) is 2.37. The molecule has 6 heteroatoms. The minimum atomic E-state index is 0.622. The van der Waals surface area contributed by atoms with E-state index in [4.69, 9.17) is 4.74 Å². The zero-order chi connectivity index (χ0) is 14.5. The van der Waals surface area contributed by atoms with Gasteiger partial charge in [0.25, 0.3) is 0 Å². The second-order valence-corrected chi connectivity index (χ2v) is 5.17. The van der Waals surface area contributed by atoms with Crippen molar-refractivity contribution < 1.29 is 4.74 Å². The predicted octanol–water partition coefficient (Wildman–Crippen LogP) is 3.73. The van der Waals surface area contributed by atoms with Gasteiger partial charge in [0.2, 0.25) is 5.95 Å². The number of halogens is 1. The standard InChI is InChI=1S/C14H17BrN4O/c1-4-16-14-17-9(2)5-13(19-14)18-11-6-10(15)7-12(8-11)20-3/h5-8H,4H2,1-3H3,(H2,16,17,18,19). The maximum absolute atomic E-state index is 5.24. The smallest absolute Gasteiger partial charge is 0.224 e. The zero-order valence-electron chi connectivity index (χ0n) is 11.7. The molecular weight excluding hydrogens is 320 g/mol. The Bertz CT molecular complexity index is 604. The van der Waals surface area contributed by atoms with E-state index in [9.17, 15) is 0 Å². The SMILES string of the molecule is CCNc1nc(C)cc(Nc2cc(Br)cc(OC)c2)n1. The van der Waals surface area contributed by atoms with E-state index in [-0.39, 0.29) is 0 Å². The van der Waals surface area contributed by atoms with Crippen molar-refractivity contribution in [2.45, 2.75) is 13.8 Å². The first-order valence-corrected chi connectivity index (χ1v) is 7.11. The Morgan fingerprint density at radius 2 is 2.00 bits per heavy atom. The van der Waals surface area contributed by atoms with E-state index in [1.165, 1.54) is 0 Å². The molecule has 0 saturated heterocycles. The molecule has 0 aliphatic carbocycles. The molecule has 0 bridgehead atoms. The Morgan fingerprint density at radius 1 is 1.20 bits per heavy atom. The lowest BCUT2D eigenvalue weighted by Gasteiger charge is -2.10. The van der Waals surface area contributed by atoms with E-state index >= 15 is 0 Å². The number of hydrogen-bond donors (Lipinski definition) is 2. The second-order valence-electron chi connectivity index (χ2n) is 4.25. The fourth-order valence-corrected chi connectivity index (χ4v) is 2.24. The highest BCUT2D eigenvalue weighted by atomic mass is 79.9. The molecule has 106 valence electrons. The lowest BCUT2D eigenvalue weighted by atomic mass is 10.3. The van der Waals surface area contributed by atoms with E-state index < -0.39 is 0 Å². The van der Waals surface area contributed by atoms with Crippen molar-refractivity contribution in [3.63, 3.8) is 0 Å². The number of hydrogen-bond acceptors (Lipinski definition) is 5. The van der Waals surface area contributed by atoms with Crippen molar-refractivity contribution in [2.24, 2.45) is 0 Å². The number of ether oxygens (including phenoxy) is 1. The fraction of sp³-hybridized carbons (Fsp3) is 0.286. The molecule has 0 unspecified atom stereocenters. The van der Waals surface area contributed by atoms with Crippen LogP contribution in [0.3, 0.4) is 0 Å². The summed E-state index contributed by atoms with van der Waals surface area (Å²) in [7, 11) is 1.64. The zero-order valence-corrected chi connectivity index (χ0v) is 13.3. The summed E-state index contributed by atoms with van der Waals surface area (Å²) in [6.45, 7) is 4.74. The molecule has 0 saturated carbocycles. The summed E-state index contributed by atoms with van der Waals surface area (Å²) in [4.78, 5) is 8.73. The summed E-state index contributed by atoms with van der Waals surface area (Å²) in [5.41, 5.74) is 1.80. The number of rotatable bonds is 5. The first-order valence-electron chi connectivity index (χ1n) is 6.32. The molecule has 1 aromatic heterocycles. The minimum Gasteiger partial charge on any atom is -0.497 e. The first kappa shape index (κ1) is 14.6. The van der Waals surface area contributed by atoms with Crippen LogP contribution >= 0.6 is 15.9 Å². The van der Waals surface area contributed by atoms with Gasteiger partial charge in [-0.1, -0.05) is 15.9 Å². The number of nitrogens with one attached hydrogen (secondary N) is 2. The van der Waals surface area contributed by atoms with Gasteiger partial charge < -0.3 is 15.4 Å². The van der Waals surface area contributed by atoms with Gasteiger partial charge in [-0.15, -0.1) is 0 Å². The van der Waals surface area contributed by atoms with Gasteiger partial charge in [-0.3, -0.25) is 0 Å². The Morgan fingerprint density at radius 3 is 2.70 bits per heavy atom. The van der Waals surface area contributed by atoms with Gasteiger partial charge in [0.1, 0.15) is 11.6 Å². The molecular formula is C14H17BrN4O. The molecule has 0 aliphatic heterocycles. The molecule has 0 fully saturated rings. The molecule has 0 amide bonds. The van der Waals surface area contributed by atoms with Crippen LogP contribution in [0.25, 0.3) is 0 Å². The molecule has 5 nitrogen and oxygen atoms in total. The quantitative estimate of drug-likeness (QED) is 0.871. The number of benzene rings is 1. The molecule has 20 heavy (non-hydrogen) atoms. The van der Waals surface area contributed by atoms with Gasteiger partial charge in [0.15, 0.2) is 0 Å². The van der Waals surface area contributed by atoms with Crippen LogP contribution in [-0.2, 0) is 0 Å². The summed E-state index contributed by atoms with van der Waals surface area (Å²) in [6, 6.07) is 7.68. The van der Waals surface area contributed by atoms with E-state index in [0.717, 1.165) is 34.0 Å². The van der Waals surface area contributed by atoms with Gasteiger partial charge >= 0.3 is 0 Å². The maximum atomic E-state index is 5.24. The van der Waals surface area contributed by atoms with E-state index in [2.05, 4.69) is 36.5 Å². The monoisotopic (exact) mass is 336 g/mol. The minimum absolute atomic E-state index is 0.622. The topological polar surface area (TPSA) is 59.1 Å². The Kier molecular flexibility index (Phi) is 4.79. The number of nitrogens with zero attached hydrogens (tertiary/aromatic N) is 2. The summed E-state index contributed by atoms with van der Waals surface area (Å²) in [5.74, 6) is 2.14. The highest BCUT2D eigenvalue weighted by molar-refractivity contribution is 9.10. The Hall–Kier alpha value is -1.82. The normalized spacial score (nSPS) is 10.2. The molecule has 2 rings (SSSR count). The van der Waals surface area contributed by atoms with Gasteiger partial charge in [-0.25, -0.2) is 4.98 Å². The number of anilines is 3. The van der Waals surface area contributed by atoms with Crippen LogP contribution in [-0.4, -0.2) is 23.6 Å². The largest absolute Gasteiger partial charge is 0.497 e. The van der Waals surface area contributed by atoms with E-state index in [1.807, 2.05) is 38.1 Å². The maximum Gasteiger partial charge on any atom is 0.224 e. The summed E-state index contributed by atoms with van der Waals surface area (Å²) in [6.07, 6.45) is 0. The second kappa shape index (κ2) is 6.56. The summed E-state index contributed by atoms with van der Waals surface area (Å²) in [5, 5.41) is 6.37. The van der Waals surface area contributed by atoms with Crippen molar-refractivity contribution in [1.82, 2.24) is 9.97 Å². The third-order valence-corrected chi connectivity index (χ3v) is 3.03. The van der Waals surface area contributed by atoms with Crippen LogP contribution in [0.2, 0.25) is 0 Å². The van der Waals surface area contributed by atoms with Gasteiger partial charge in [-0.2, -0.15) is 4.98 Å². The summed E-state index contributed by atoms with van der Waals surface area (Å²) < 4.78 is 6.19. The molecule has 1 aromatic carbocycles. The number of aryl methyl sites for hydroxylation is 1. The van der Waals surface area contributed by atoms with Crippen LogP contribution in [0.1, 0.15) is 12.6 Å². The van der Waals surface area contributed by atoms with Crippen molar-refractivity contribution in [1.29, 1.82) is 0 Å². The van der Waals surface area contributed by atoms with E-state index in [0.29, 0.717) is 5.95 Å². The molecule has 2 N–H and O–H groups in total. The van der Waals surface area contributed by atoms with Crippen LogP contribution in [0.4, 0.5) is 17.5 Å². The van der Waals surface area contributed by atoms with Crippen molar-refractivity contribution in [2.75, 3.05) is 24.3 Å². The highest BCUT2D eigenvalue weighted by Gasteiger charge is 2.04. The van der Waals surface area contributed by atoms with Crippen molar-refractivity contribution in [3.8, 4) is 5.75 Å². The lowest BCUT2D eigenvalue weighted by molar-refractivity contribution is 0.415. The Labute approximate surface area is 126 Å². The third-order valence-electron chi connectivity index (χ3n) is 2.57. The number of aromatic nitrogens is 2. The highest BCUT2D eigenvalue weighted by Crippen LogP contribution is 2.26. The fourth-order valence-electron chi connectivity index (χ4n) is 1.77. The van der Waals surface area contributed by atoms with Crippen LogP contribution in [0, 0.1) is 6.92 Å². The van der Waals surface area contributed by atoms with Gasteiger partial charge in [0.05, 0.1) is 7.11 Å². The van der Waals surface area contributed by atoms with Crippen molar-refractivity contribution in [3.05, 3.63) is 34.4 Å². The van der Waals surface area contributed by atoms with Gasteiger partial charge in [0, 0.05) is 34.5 Å². The van der Waals surface area contributed by atoms with Crippen LogP contribution in [0.5, 0.6) is 5.75 Å². The number of methoxy groups -OCH3 is 1. The van der Waals surface area contributed by atoms with Gasteiger partial charge in [-0.05, 0) is 26.0 Å². The Balaban J connectivity index is 2.27. The lowest BCUT2D eigenvalue weighted by Crippen LogP contribution is -2.05. The molecule has 0 spiro atoms. The first-order chi connectivity index (χ1) is 9.60.